The van der Waals surface area contributed by atoms with E-state index in [9.17, 15) is 23.5 Å². The summed E-state index contributed by atoms with van der Waals surface area (Å²) in [6.45, 7) is 1.68. The summed E-state index contributed by atoms with van der Waals surface area (Å²) in [5.74, 6) is -5.23. The summed E-state index contributed by atoms with van der Waals surface area (Å²) in [7, 11) is 0. The van der Waals surface area contributed by atoms with Crippen LogP contribution >= 0.6 is 11.3 Å². The van der Waals surface area contributed by atoms with Gasteiger partial charge in [-0.25, -0.2) is 13.6 Å². The lowest BCUT2D eigenvalue weighted by molar-refractivity contribution is -0.965. The predicted molar refractivity (Wildman–Crippen MR) is 122 cm³/mol. The molecule has 2 bridgehead atoms. The number of aliphatic hydroxyl groups is 1. The van der Waals surface area contributed by atoms with Gasteiger partial charge in [-0.1, -0.05) is 0 Å². The molecule has 6 rings (SSSR count). The largest absolute Gasteiger partial charge is 0.454 e. The second-order valence-corrected chi connectivity index (χ2v) is 10.9. The number of fused-ring (bicyclic) bond motifs is 3. The fourth-order valence-corrected chi connectivity index (χ4v) is 7.05. The monoisotopic (exact) mass is 507 g/mol. The summed E-state index contributed by atoms with van der Waals surface area (Å²) in [6, 6.07) is 0.847. The lowest BCUT2D eigenvalue weighted by Gasteiger charge is -2.54. The number of halogens is 2. The summed E-state index contributed by atoms with van der Waals surface area (Å²) in [5.41, 5.74) is 4.43. The first-order valence-corrected chi connectivity index (χ1v) is 12.8. The van der Waals surface area contributed by atoms with E-state index in [0.29, 0.717) is 42.7 Å². The minimum absolute atomic E-state index is 0.0268. The van der Waals surface area contributed by atoms with Crippen molar-refractivity contribution in [2.75, 3.05) is 19.6 Å². The molecule has 11 heteroatoms. The van der Waals surface area contributed by atoms with Crippen LogP contribution in [0.1, 0.15) is 49.4 Å². The first kappa shape index (κ1) is 24.2. The third-order valence-corrected chi connectivity index (χ3v) is 8.85. The normalized spacial score (nSPS) is 32.0. The molecule has 4 atom stereocenters. The van der Waals surface area contributed by atoms with E-state index < -0.39 is 47.9 Å². The van der Waals surface area contributed by atoms with Crippen LogP contribution in [0.2, 0.25) is 0 Å². The number of carbonyl (C=O) groups is 2. The van der Waals surface area contributed by atoms with Crippen LogP contribution in [0.15, 0.2) is 35.4 Å². The van der Waals surface area contributed by atoms with E-state index in [-0.39, 0.29) is 24.3 Å². The number of esters is 1. The maximum Gasteiger partial charge on any atom is 0.343 e. The molecule has 3 saturated heterocycles. The molecule has 4 aliphatic rings. The van der Waals surface area contributed by atoms with Crippen LogP contribution in [0.4, 0.5) is 8.78 Å². The lowest BCUT2D eigenvalue weighted by atomic mass is 9.79. The Morgan fingerprint density at radius 3 is 2.63 bits per heavy atom. The Labute approximate surface area is 205 Å². The molecule has 3 aliphatic heterocycles. The van der Waals surface area contributed by atoms with Gasteiger partial charge < -0.3 is 20.1 Å². The minimum Gasteiger partial charge on any atom is -0.454 e. The molecule has 2 aromatic heterocycles. The van der Waals surface area contributed by atoms with E-state index in [1.165, 1.54) is 29.9 Å². The van der Waals surface area contributed by atoms with Gasteiger partial charge in [0.25, 0.3) is 5.91 Å². The highest BCUT2D eigenvalue weighted by molar-refractivity contribution is 7.08. The molecule has 2 aromatic rings. The number of primary amides is 1. The summed E-state index contributed by atoms with van der Waals surface area (Å²) in [5, 5.41) is 14.9. The number of hydrogen-bond donors (Lipinski definition) is 2. The van der Waals surface area contributed by atoms with Crippen LogP contribution in [-0.4, -0.2) is 63.1 Å². The number of quaternary nitrogens is 1. The van der Waals surface area contributed by atoms with Crippen LogP contribution in [-0.2, 0) is 19.9 Å². The number of rotatable bonds is 7. The molecule has 35 heavy (non-hydrogen) atoms. The number of alkyl halides is 2. The van der Waals surface area contributed by atoms with Gasteiger partial charge in [0.2, 0.25) is 12.0 Å². The maximum atomic E-state index is 14.1. The molecule has 3 unspecified atom stereocenters. The van der Waals surface area contributed by atoms with Gasteiger partial charge in [0.05, 0.1) is 19.3 Å². The van der Waals surface area contributed by atoms with Crippen molar-refractivity contribution in [2.45, 2.75) is 55.8 Å². The van der Waals surface area contributed by atoms with Crippen molar-refractivity contribution in [1.29, 1.82) is 0 Å². The number of ether oxygens (including phenoxy) is 1. The fourth-order valence-electron chi connectivity index (χ4n) is 6.34. The fraction of sp³-hybridized carbons (Fsp3) is 0.583. The highest BCUT2D eigenvalue weighted by Gasteiger charge is 2.58. The second kappa shape index (κ2) is 8.86. The van der Waals surface area contributed by atoms with Crippen molar-refractivity contribution >= 4 is 23.2 Å². The summed E-state index contributed by atoms with van der Waals surface area (Å²) in [6.07, 6.45) is 4.48. The molecule has 188 valence electrons. The molecule has 8 nitrogen and oxygen atoms in total. The van der Waals surface area contributed by atoms with Gasteiger partial charge in [-0.15, -0.1) is 0 Å². The van der Waals surface area contributed by atoms with Crippen molar-refractivity contribution in [3.8, 4) is 0 Å². The Hall–Kier alpha value is -2.50. The molecule has 0 aromatic carbocycles. The van der Waals surface area contributed by atoms with Gasteiger partial charge in [-0.2, -0.15) is 11.3 Å². The molecular weight excluding hydrogens is 478 g/mol. The van der Waals surface area contributed by atoms with Crippen LogP contribution in [0, 0.1) is 11.8 Å². The van der Waals surface area contributed by atoms with Crippen molar-refractivity contribution in [1.82, 2.24) is 9.97 Å². The summed E-state index contributed by atoms with van der Waals surface area (Å²) < 4.78 is 34.4. The molecule has 1 saturated carbocycles. The van der Waals surface area contributed by atoms with Crippen molar-refractivity contribution in [2.24, 2.45) is 17.6 Å². The predicted octanol–water partition coefficient (Wildman–Crippen LogP) is 2.54. The van der Waals surface area contributed by atoms with E-state index in [1.807, 2.05) is 0 Å². The molecule has 3 N–H and O–H groups in total. The smallest absolute Gasteiger partial charge is 0.343 e. The Morgan fingerprint density at radius 2 is 2.06 bits per heavy atom. The number of nitrogens with two attached hydrogens (primary N) is 1. The van der Waals surface area contributed by atoms with Gasteiger partial charge in [0, 0.05) is 55.5 Å². The van der Waals surface area contributed by atoms with E-state index in [2.05, 4.69) is 9.97 Å². The van der Waals surface area contributed by atoms with Gasteiger partial charge >= 0.3 is 5.97 Å². The zero-order valence-electron chi connectivity index (χ0n) is 19.2. The second-order valence-electron chi connectivity index (χ2n) is 10.1. The van der Waals surface area contributed by atoms with E-state index in [4.69, 9.17) is 10.5 Å². The summed E-state index contributed by atoms with van der Waals surface area (Å²) >= 11 is 1.28. The van der Waals surface area contributed by atoms with Crippen LogP contribution in [0.5, 0.6) is 0 Å². The van der Waals surface area contributed by atoms with E-state index >= 15 is 0 Å². The van der Waals surface area contributed by atoms with Crippen molar-refractivity contribution < 1.29 is 32.7 Å². The molecule has 0 spiro atoms. The van der Waals surface area contributed by atoms with Crippen molar-refractivity contribution in [3.05, 3.63) is 46.7 Å². The first-order chi connectivity index (χ1) is 16.6. The van der Waals surface area contributed by atoms with Crippen LogP contribution in [0.25, 0.3) is 0 Å². The molecule has 0 radical (unpaired) electrons. The molecule has 1 aliphatic carbocycles. The highest BCUT2D eigenvalue weighted by atomic mass is 32.1. The first-order valence-electron chi connectivity index (χ1n) is 11.9. The maximum absolute atomic E-state index is 14.1. The third kappa shape index (κ3) is 4.23. The molecule has 1 amide bonds. The van der Waals surface area contributed by atoms with E-state index in [0.717, 1.165) is 0 Å². The topological polar surface area (TPSA) is 115 Å². The molecular formula is C24H29F2N4O4S+. The minimum atomic E-state index is -2.93. The lowest BCUT2D eigenvalue weighted by Crippen LogP contribution is -2.67. The standard InChI is InChI=1S/C24H28F2N4O4S/c25-23(26)5-1-16(11-23)24(33,17-4-10-35-14-17)22(32)34-19-13-30(8-2-15(19)3-9-30)20(21(27)31)18-12-28-6-7-29-18/h4,6-7,10,12,14-16,19-20,33H,1-3,5,8-9,11,13H2,(H-,27,31)/p+1/t15?,16?,19-,20?,24?,30?/m0/s1. The SMILES string of the molecule is NC(=O)C(c1cnccn1)[N+]12CCC(CC1)[C@@H](OC(=O)C(O)(c1ccsc1)C1CCC(F)(F)C1)C2. The highest BCUT2D eigenvalue weighted by Crippen LogP contribution is 2.49. The van der Waals surface area contributed by atoms with Gasteiger partial charge in [-0.3, -0.25) is 14.8 Å². The Bertz CT molecular complexity index is 1080. The average Bonchev–Trinajstić information content (AvgIpc) is 3.50. The van der Waals surface area contributed by atoms with Gasteiger partial charge in [0.1, 0.15) is 12.2 Å². The van der Waals surface area contributed by atoms with Gasteiger partial charge in [0.15, 0.2) is 11.7 Å². The van der Waals surface area contributed by atoms with Crippen LogP contribution in [0.3, 0.4) is 0 Å². The van der Waals surface area contributed by atoms with Crippen LogP contribution < -0.4 is 5.73 Å². The average molecular weight is 508 g/mol. The number of thiophene rings is 1. The number of hydrogen-bond acceptors (Lipinski definition) is 7. The summed E-state index contributed by atoms with van der Waals surface area (Å²) in [4.78, 5) is 34.5. The zero-order chi connectivity index (χ0) is 24.8. The molecule has 4 fully saturated rings. The van der Waals surface area contributed by atoms with E-state index in [1.54, 1.807) is 16.8 Å². The van der Waals surface area contributed by atoms with Crippen molar-refractivity contribution in [3.63, 3.8) is 0 Å². The number of carbonyl (C=O) groups excluding carboxylic acids is 2. The third-order valence-electron chi connectivity index (χ3n) is 8.17. The zero-order valence-corrected chi connectivity index (χ0v) is 20.0. The number of amides is 1. The van der Waals surface area contributed by atoms with Gasteiger partial charge in [-0.05, 0) is 23.2 Å². The molecule has 5 heterocycles. The quantitative estimate of drug-likeness (QED) is 0.440. The Kier molecular flexibility index (Phi) is 6.13. The number of nitrogens with zero attached hydrogens (tertiary/aromatic N) is 3. The number of piperidine rings is 3. The Morgan fingerprint density at radius 1 is 1.29 bits per heavy atom. The Balaban J connectivity index is 1.41. The number of aromatic nitrogens is 2.